The lowest BCUT2D eigenvalue weighted by Crippen LogP contribution is -2.00. The molecule has 2 aromatic rings. The van der Waals surface area contributed by atoms with E-state index in [0.29, 0.717) is 5.65 Å². The SMILES string of the molecule is Cc1ccn2c(F)c(C(=O)O)nc2c1.Cl. The molecule has 0 atom stereocenters. The minimum absolute atomic E-state index is 0. The van der Waals surface area contributed by atoms with Gasteiger partial charge in [-0.15, -0.1) is 12.4 Å². The molecule has 0 aliphatic carbocycles. The molecule has 0 aliphatic heterocycles. The van der Waals surface area contributed by atoms with Crippen LogP contribution in [0.5, 0.6) is 0 Å². The second-order valence-corrected chi connectivity index (χ2v) is 2.99. The summed E-state index contributed by atoms with van der Waals surface area (Å²) in [6.45, 7) is 1.83. The molecule has 0 aromatic carbocycles. The Morgan fingerprint density at radius 1 is 1.60 bits per heavy atom. The van der Waals surface area contributed by atoms with E-state index >= 15 is 0 Å². The number of halogens is 2. The summed E-state index contributed by atoms with van der Waals surface area (Å²) in [6.07, 6.45) is 1.46. The van der Waals surface area contributed by atoms with Crippen molar-refractivity contribution in [2.45, 2.75) is 6.92 Å². The molecule has 0 spiro atoms. The second kappa shape index (κ2) is 3.86. The number of hydrogen-bond donors (Lipinski definition) is 1. The van der Waals surface area contributed by atoms with Gasteiger partial charge in [-0.1, -0.05) is 0 Å². The van der Waals surface area contributed by atoms with E-state index in [0.717, 1.165) is 9.96 Å². The van der Waals surface area contributed by atoms with E-state index in [-0.39, 0.29) is 12.4 Å². The van der Waals surface area contributed by atoms with Gasteiger partial charge in [0.05, 0.1) is 0 Å². The molecule has 0 saturated carbocycles. The van der Waals surface area contributed by atoms with Gasteiger partial charge in [0.15, 0.2) is 0 Å². The van der Waals surface area contributed by atoms with E-state index in [1.807, 2.05) is 6.92 Å². The zero-order chi connectivity index (χ0) is 10.3. The van der Waals surface area contributed by atoms with E-state index in [1.165, 1.54) is 6.20 Å². The third-order valence-electron chi connectivity index (χ3n) is 1.93. The molecule has 6 heteroatoms. The Morgan fingerprint density at radius 2 is 2.27 bits per heavy atom. The van der Waals surface area contributed by atoms with Gasteiger partial charge in [-0.05, 0) is 24.6 Å². The van der Waals surface area contributed by atoms with Gasteiger partial charge in [0.2, 0.25) is 11.6 Å². The zero-order valence-electron chi connectivity index (χ0n) is 7.77. The number of carboxylic acid groups (broad SMARTS) is 1. The second-order valence-electron chi connectivity index (χ2n) is 2.99. The van der Waals surface area contributed by atoms with Crippen molar-refractivity contribution in [3.8, 4) is 0 Å². The van der Waals surface area contributed by atoms with Crippen LogP contribution in [0.25, 0.3) is 5.65 Å². The molecule has 2 heterocycles. The van der Waals surface area contributed by atoms with E-state index in [2.05, 4.69) is 4.98 Å². The predicted octanol–water partition coefficient (Wildman–Crippen LogP) is 1.90. The molecule has 0 fully saturated rings. The standard InChI is InChI=1S/C9H7FN2O2.ClH/c1-5-2-3-12-6(4-5)11-7(8(12)10)9(13)14;/h2-4H,1H3,(H,13,14);1H. The number of fused-ring (bicyclic) bond motifs is 1. The molecule has 0 radical (unpaired) electrons. The first-order chi connectivity index (χ1) is 6.59. The fourth-order valence-corrected chi connectivity index (χ4v) is 1.25. The van der Waals surface area contributed by atoms with Crippen LogP contribution in [0.4, 0.5) is 4.39 Å². The molecule has 0 saturated heterocycles. The molecule has 2 rings (SSSR count). The highest BCUT2D eigenvalue weighted by molar-refractivity contribution is 5.86. The Hall–Kier alpha value is -1.62. The lowest BCUT2D eigenvalue weighted by molar-refractivity contribution is 0.0685. The van der Waals surface area contributed by atoms with Crippen LogP contribution in [0.1, 0.15) is 16.1 Å². The summed E-state index contributed by atoms with van der Waals surface area (Å²) in [5.41, 5.74) is 0.662. The summed E-state index contributed by atoms with van der Waals surface area (Å²) in [5.74, 6) is -2.20. The maximum absolute atomic E-state index is 13.3. The Balaban J connectivity index is 0.00000112. The van der Waals surface area contributed by atoms with Crippen molar-refractivity contribution in [1.82, 2.24) is 9.38 Å². The molecular weight excluding hydrogens is 223 g/mol. The van der Waals surface area contributed by atoms with E-state index in [9.17, 15) is 9.18 Å². The predicted molar refractivity (Wildman–Crippen MR) is 54.1 cm³/mol. The van der Waals surface area contributed by atoms with Gasteiger partial charge in [0.1, 0.15) is 5.65 Å². The highest BCUT2D eigenvalue weighted by Gasteiger charge is 2.17. The zero-order valence-corrected chi connectivity index (χ0v) is 8.58. The van der Waals surface area contributed by atoms with Gasteiger partial charge in [-0.3, -0.25) is 4.40 Å². The van der Waals surface area contributed by atoms with Crippen LogP contribution in [-0.2, 0) is 0 Å². The lowest BCUT2D eigenvalue weighted by Gasteiger charge is -1.94. The van der Waals surface area contributed by atoms with Crippen molar-refractivity contribution in [2.24, 2.45) is 0 Å². The molecule has 4 nitrogen and oxygen atoms in total. The fraction of sp³-hybridized carbons (Fsp3) is 0.111. The number of aromatic nitrogens is 2. The van der Waals surface area contributed by atoms with Crippen molar-refractivity contribution >= 4 is 24.0 Å². The molecular formula is C9H8ClFN2O2. The molecule has 2 aromatic heterocycles. The van der Waals surface area contributed by atoms with Crippen molar-refractivity contribution in [3.05, 3.63) is 35.5 Å². The Bertz CT molecular complexity index is 524. The molecule has 80 valence electrons. The van der Waals surface area contributed by atoms with Gasteiger partial charge in [0.25, 0.3) is 0 Å². The fourth-order valence-electron chi connectivity index (χ4n) is 1.25. The topological polar surface area (TPSA) is 54.6 Å². The van der Waals surface area contributed by atoms with Crippen LogP contribution in [-0.4, -0.2) is 20.5 Å². The number of aromatic carboxylic acids is 1. The van der Waals surface area contributed by atoms with Gasteiger partial charge in [0, 0.05) is 6.20 Å². The van der Waals surface area contributed by atoms with E-state index < -0.39 is 17.6 Å². The van der Waals surface area contributed by atoms with Crippen molar-refractivity contribution in [3.63, 3.8) is 0 Å². The number of carboxylic acids is 1. The normalized spacial score (nSPS) is 10.0. The number of imidazole rings is 1. The molecule has 0 bridgehead atoms. The summed E-state index contributed by atoms with van der Waals surface area (Å²) in [5, 5.41) is 8.62. The average molecular weight is 231 g/mol. The van der Waals surface area contributed by atoms with Crippen LogP contribution < -0.4 is 0 Å². The van der Waals surface area contributed by atoms with Crippen LogP contribution in [0.3, 0.4) is 0 Å². The minimum atomic E-state index is -1.36. The smallest absolute Gasteiger partial charge is 0.359 e. The van der Waals surface area contributed by atoms with Crippen LogP contribution in [0, 0.1) is 12.9 Å². The maximum Gasteiger partial charge on any atom is 0.359 e. The third-order valence-corrected chi connectivity index (χ3v) is 1.93. The summed E-state index contributed by atoms with van der Waals surface area (Å²) >= 11 is 0. The third kappa shape index (κ3) is 1.78. The summed E-state index contributed by atoms with van der Waals surface area (Å²) in [7, 11) is 0. The number of carbonyl (C=O) groups is 1. The van der Waals surface area contributed by atoms with Crippen molar-refractivity contribution in [2.75, 3.05) is 0 Å². The molecule has 0 unspecified atom stereocenters. The van der Waals surface area contributed by atoms with Gasteiger partial charge >= 0.3 is 5.97 Å². The number of pyridine rings is 1. The van der Waals surface area contributed by atoms with Crippen molar-refractivity contribution < 1.29 is 14.3 Å². The quantitative estimate of drug-likeness (QED) is 0.814. The van der Waals surface area contributed by atoms with Gasteiger partial charge in [-0.2, -0.15) is 4.39 Å². The number of aryl methyl sites for hydroxylation is 1. The minimum Gasteiger partial charge on any atom is -0.476 e. The molecule has 0 aliphatic rings. The summed E-state index contributed by atoms with van der Waals surface area (Å²) < 4.78 is 14.4. The van der Waals surface area contributed by atoms with Crippen molar-refractivity contribution in [1.29, 1.82) is 0 Å². The van der Waals surface area contributed by atoms with E-state index in [4.69, 9.17) is 5.11 Å². The Kier molecular flexibility index (Phi) is 2.95. The highest BCUT2D eigenvalue weighted by Crippen LogP contribution is 2.12. The number of hydrogen-bond acceptors (Lipinski definition) is 2. The van der Waals surface area contributed by atoms with Crippen LogP contribution in [0.15, 0.2) is 18.3 Å². The Morgan fingerprint density at radius 3 is 2.87 bits per heavy atom. The lowest BCUT2D eigenvalue weighted by atomic mass is 10.3. The molecule has 1 N–H and O–H groups in total. The van der Waals surface area contributed by atoms with Gasteiger partial charge < -0.3 is 5.11 Å². The first-order valence-electron chi connectivity index (χ1n) is 3.97. The first-order valence-corrected chi connectivity index (χ1v) is 3.97. The number of rotatable bonds is 1. The first kappa shape index (κ1) is 11.5. The highest BCUT2D eigenvalue weighted by atomic mass is 35.5. The monoisotopic (exact) mass is 230 g/mol. The molecule has 15 heavy (non-hydrogen) atoms. The summed E-state index contributed by atoms with van der Waals surface area (Å²) in [4.78, 5) is 14.2. The van der Waals surface area contributed by atoms with E-state index in [1.54, 1.807) is 12.1 Å². The number of nitrogens with zero attached hydrogens (tertiary/aromatic N) is 2. The summed E-state index contributed by atoms with van der Waals surface area (Å²) in [6, 6.07) is 3.30. The molecule has 0 amide bonds. The average Bonchev–Trinajstić information content (AvgIpc) is 2.43. The van der Waals surface area contributed by atoms with Gasteiger partial charge in [-0.25, -0.2) is 9.78 Å². The van der Waals surface area contributed by atoms with Crippen LogP contribution >= 0.6 is 12.4 Å². The Labute approximate surface area is 90.8 Å². The largest absolute Gasteiger partial charge is 0.476 e. The van der Waals surface area contributed by atoms with Crippen LogP contribution in [0.2, 0.25) is 0 Å². The maximum atomic E-state index is 13.3.